The van der Waals surface area contributed by atoms with Gasteiger partial charge in [-0.05, 0) is 148 Å². The van der Waals surface area contributed by atoms with Gasteiger partial charge in [0, 0.05) is 12.5 Å². The van der Waals surface area contributed by atoms with Gasteiger partial charge in [-0.1, -0.05) is 121 Å². The maximum absolute atomic E-state index is 13.0. The normalized spacial score (nSPS) is 35.7. The molecule has 3 fully saturated rings. The first-order valence-electron chi connectivity index (χ1n) is 20.5. The standard InChI is InChI=1S/C47H72O2/c1-32(2)14-11-17-36(6)41-23-24-42-39-21-20-37-31-38(25-28-46(37,9)43(39)26-29-47(41,42)10)49-44(48)30-34(4)16-12-15-33(3)19-22-40-35(5)18-13-27-45(40,7)8/h12,15-16,19-20,22,30,32,36,38-39,41-43H,11,13-14,17-18,21,23-29,31H2,1-10H3/t36-,38-,39+,41-,42+,43+,46+,47-/m1/s1. The Morgan fingerprint density at radius 3 is 2.45 bits per heavy atom. The Morgan fingerprint density at radius 1 is 0.939 bits per heavy atom. The molecule has 5 aliphatic carbocycles. The summed E-state index contributed by atoms with van der Waals surface area (Å²) in [5, 5.41) is 0. The molecule has 0 aromatic heterocycles. The summed E-state index contributed by atoms with van der Waals surface area (Å²) in [7, 11) is 0. The summed E-state index contributed by atoms with van der Waals surface area (Å²) in [6, 6.07) is 0. The Morgan fingerprint density at radius 2 is 1.71 bits per heavy atom. The third kappa shape index (κ3) is 8.52. The van der Waals surface area contributed by atoms with E-state index in [4.69, 9.17) is 4.74 Å². The number of hydrogen-bond acceptors (Lipinski definition) is 2. The fourth-order valence-corrected chi connectivity index (χ4v) is 11.8. The molecule has 8 atom stereocenters. The first-order valence-corrected chi connectivity index (χ1v) is 20.5. The van der Waals surface area contributed by atoms with Crippen molar-refractivity contribution in [3.05, 3.63) is 70.4 Å². The molecular formula is C47H72O2. The fourth-order valence-electron chi connectivity index (χ4n) is 11.8. The lowest BCUT2D eigenvalue weighted by Gasteiger charge is -2.58. The summed E-state index contributed by atoms with van der Waals surface area (Å²) in [4.78, 5) is 13.0. The highest BCUT2D eigenvalue weighted by Crippen LogP contribution is 2.67. The summed E-state index contributed by atoms with van der Waals surface area (Å²) in [5.41, 5.74) is 7.81. The molecule has 0 bridgehead atoms. The Bertz CT molecular complexity index is 1380. The van der Waals surface area contributed by atoms with Crippen LogP contribution in [0.2, 0.25) is 0 Å². The average molecular weight is 669 g/mol. The van der Waals surface area contributed by atoms with Gasteiger partial charge in [0.25, 0.3) is 0 Å². The lowest BCUT2D eigenvalue weighted by atomic mass is 9.47. The van der Waals surface area contributed by atoms with Crippen LogP contribution in [-0.4, -0.2) is 12.1 Å². The Balaban J connectivity index is 1.14. The van der Waals surface area contributed by atoms with Crippen LogP contribution in [0.3, 0.4) is 0 Å². The third-order valence-corrected chi connectivity index (χ3v) is 14.7. The molecule has 0 heterocycles. The smallest absolute Gasteiger partial charge is 0.331 e. The first-order chi connectivity index (χ1) is 23.1. The summed E-state index contributed by atoms with van der Waals surface area (Å²) in [6.07, 6.45) is 33.0. The molecule has 0 N–H and O–H groups in total. The van der Waals surface area contributed by atoms with E-state index in [1.54, 1.807) is 11.6 Å². The second-order valence-corrected chi connectivity index (χ2v) is 19.0. The SMILES string of the molecule is CC(C=CC1=C(C)CCCC1(C)C)=CC=CC(C)=CC(=O)O[C@@H]1CC[C@@]2(C)C(=CC[C@H]3[C@@H]4CC[C@H]([C@H](C)CCCC(C)C)[C@@]4(C)CC[C@@H]32)C1. The van der Waals surface area contributed by atoms with E-state index >= 15 is 0 Å². The molecule has 0 saturated heterocycles. The van der Waals surface area contributed by atoms with Crippen molar-refractivity contribution in [2.24, 2.45) is 51.8 Å². The Labute approximate surface area is 302 Å². The monoisotopic (exact) mass is 669 g/mol. The minimum Gasteiger partial charge on any atom is -0.459 e. The van der Waals surface area contributed by atoms with Gasteiger partial charge >= 0.3 is 5.97 Å². The molecule has 0 aromatic rings. The summed E-state index contributed by atoms with van der Waals surface area (Å²) < 4.78 is 6.11. The van der Waals surface area contributed by atoms with Gasteiger partial charge in [-0.25, -0.2) is 4.79 Å². The van der Waals surface area contributed by atoms with Crippen molar-refractivity contribution in [3.63, 3.8) is 0 Å². The summed E-state index contributed by atoms with van der Waals surface area (Å²) in [6.45, 7) is 23.7. The molecule has 5 rings (SSSR count). The largest absolute Gasteiger partial charge is 0.459 e. The van der Waals surface area contributed by atoms with Gasteiger partial charge in [0.2, 0.25) is 0 Å². The molecule has 49 heavy (non-hydrogen) atoms. The molecule has 0 amide bonds. The van der Waals surface area contributed by atoms with Crippen molar-refractivity contribution in [2.45, 2.75) is 165 Å². The highest BCUT2D eigenvalue weighted by molar-refractivity contribution is 5.83. The second kappa shape index (κ2) is 15.7. The van der Waals surface area contributed by atoms with Crippen LogP contribution in [0, 0.1) is 51.8 Å². The van der Waals surface area contributed by atoms with Crippen molar-refractivity contribution in [2.75, 3.05) is 0 Å². The minimum absolute atomic E-state index is 0.00175. The van der Waals surface area contributed by atoms with E-state index in [2.05, 4.69) is 92.7 Å². The molecule has 0 spiro atoms. The van der Waals surface area contributed by atoms with Crippen LogP contribution >= 0.6 is 0 Å². The van der Waals surface area contributed by atoms with Gasteiger partial charge in [-0.2, -0.15) is 0 Å². The van der Waals surface area contributed by atoms with Gasteiger partial charge < -0.3 is 4.74 Å². The summed E-state index contributed by atoms with van der Waals surface area (Å²) >= 11 is 0. The maximum atomic E-state index is 13.0. The van der Waals surface area contributed by atoms with E-state index in [1.807, 2.05) is 13.0 Å². The number of hydrogen-bond donors (Lipinski definition) is 0. The van der Waals surface area contributed by atoms with Crippen molar-refractivity contribution in [1.82, 2.24) is 0 Å². The fraction of sp³-hybridized carbons (Fsp3) is 0.723. The molecule has 0 aliphatic heterocycles. The quantitative estimate of drug-likeness (QED) is 0.0948. The number of ether oxygens (including phenoxy) is 1. The Hall–Kier alpha value is -2.09. The molecule has 2 heteroatoms. The topological polar surface area (TPSA) is 26.3 Å². The molecule has 272 valence electrons. The van der Waals surface area contributed by atoms with E-state index in [-0.39, 0.29) is 22.9 Å². The van der Waals surface area contributed by atoms with Gasteiger partial charge in [-0.3, -0.25) is 0 Å². The van der Waals surface area contributed by atoms with E-state index in [1.165, 1.54) is 87.3 Å². The highest BCUT2D eigenvalue weighted by atomic mass is 16.5. The molecule has 5 aliphatic rings. The Kier molecular flexibility index (Phi) is 12.2. The van der Waals surface area contributed by atoms with Crippen LogP contribution in [-0.2, 0) is 9.53 Å². The van der Waals surface area contributed by atoms with Crippen LogP contribution < -0.4 is 0 Å². The van der Waals surface area contributed by atoms with Crippen LogP contribution in [0.5, 0.6) is 0 Å². The number of carbonyl (C=O) groups excluding carboxylic acids is 1. The van der Waals surface area contributed by atoms with Crippen LogP contribution in [0.15, 0.2) is 70.4 Å². The van der Waals surface area contributed by atoms with Crippen molar-refractivity contribution < 1.29 is 9.53 Å². The molecular weight excluding hydrogens is 597 g/mol. The van der Waals surface area contributed by atoms with Gasteiger partial charge in [0.15, 0.2) is 0 Å². The lowest BCUT2D eigenvalue weighted by Crippen LogP contribution is -2.51. The van der Waals surface area contributed by atoms with Gasteiger partial charge in [0.05, 0.1) is 0 Å². The minimum atomic E-state index is -0.194. The zero-order valence-corrected chi connectivity index (χ0v) is 33.3. The third-order valence-electron chi connectivity index (χ3n) is 14.7. The van der Waals surface area contributed by atoms with Crippen LogP contribution in [0.25, 0.3) is 0 Å². The first kappa shape index (κ1) is 38.1. The molecule has 0 aromatic carbocycles. The lowest BCUT2D eigenvalue weighted by molar-refractivity contribution is -0.145. The predicted octanol–water partition coefficient (Wildman–Crippen LogP) is 13.5. The van der Waals surface area contributed by atoms with E-state index in [0.717, 1.165) is 60.3 Å². The van der Waals surface area contributed by atoms with Crippen LogP contribution in [0.4, 0.5) is 0 Å². The second-order valence-electron chi connectivity index (χ2n) is 19.0. The number of esters is 1. The molecule has 3 saturated carbocycles. The van der Waals surface area contributed by atoms with Crippen molar-refractivity contribution in [3.8, 4) is 0 Å². The maximum Gasteiger partial charge on any atom is 0.331 e. The van der Waals surface area contributed by atoms with Gasteiger partial charge in [0.1, 0.15) is 6.10 Å². The average Bonchev–Trinajstić information content (AvgIpc) is 3.37. The molecule has 0 unspecified atom stereocenters. The zero-order valence-electron chi connectivity index (χ0n) is 33.3. The molecule has 2 nitrogen and oxygen atoms in total. The number of allylic oxidation sites excluding steroid dienone is 10. The number of fused-ring (bicyclic) bond motifs is 5. The van der Waals surface area contributed by atoms with Gasteiger partial charge in [-0.15, -0.1) is 0 Å². The van der Waals surface area contributed by atoms with E-state index < -0.39 is 0 Å². The van der Waals surface area contributed by atoms with Crippen molar-refractivity contribution >= 4 is 5.97 Å². The number of carbonyl (C=O) groups is 1. The van der Waals surface area contributed by atoms with E-state index in [9.17, 15) is 4.79 Å². The van der Waals surface area contributed by atoms with Crippen LogP contribution in [0.1, 0.15) is 159 Å². The summed E-state index contributed by atoms with van der Waals surface area (Å²) in [5.74, 6) is 4.92. The number of rotatable bonds is 11. The van der Waals surface area contributed by atoms with Crippen molar-refractivity contribution in [1.29, 1.82) is 0 Å². The predicted molar refractivity (Wildman–Crippen MR) is 209 cm³/mol. The molecule has 0 radical (unpaired) electrons. The zero-order chi connectivity index (χ0) is 35.6. The highest BCUT2D eigenvalue weighted by Gasteiger charge is 2.59. The van der Waals surface area contributed by atoms with E-state index in [0.29, 0.717) is 5.41 Å².